The standard InChI is InChI=1S/C21H10BrClF5N3O2/c22-11-6-14-18(31(30-20(14)33)17-8-12(24)1-2-15(17)23)16(7-11)29-19(32)9-3-10(21(26,27)28)5-13(25)4-9/h1-8H,(H,29,32)(H,30,33). The summed E-state index contributed by atoms with van der Waals surface area (Å²) < 4.78 is 68.2. The van der Waals surface area contributed by atoms with Gasteiger partial charge < -0.3 is 5.32 Å². The van der Waals surface area contributed by atoms with E-state index in [0.29, 0.717) is 16.6 Å². The van der Waals surface area contributed by atoms with E-state index in [1.807, 2.05) is 0 Å². The fourth-order valence-electron chi connectivity index (χ4n) is 3.24. The van der Waals surface area contributed by atoms with Crippen molar-refractivity contribution < 1.29 is 26.7 Å². The van der Waals surface area contributed by atoms with E-state index < -0.39 is 40.4 Å². The molecule has 170 valence electrons. The van der Waals surface area contributed by atoms with Crippen LogP contribution in [0, 0.1) is 11.6 Å². The smallest absolute Gasteiger partial charge is 0.320 e. The highest BCUT2D eigenvalue weighted by Crippen LogP contribution is 2.33. The van der Waals surface area contributed by atoms with Gasteiger partial charge >= 0.3 is 6.18 Å². The number of alkyl halides is 3. The van der Waals surface area contributed by atoms with Crippen molar-refractivity contribution in [3.63, 3.8) is 0 Å². The van der Waals surface area contributed by atoms with Crippen LogP contribution in [-0.2, 0) is 6.18 Å². The zero-order valence-corrected chi connectivity index (χ0v) is 18.4. The molecule has 0 aliphatic rings. The highest BCUT2D eigenvalue weighted by molar-refractivity contribution is 9.10. The summed E-state index contributed by atoms with van der Waals surface area (Å²) in [6.45, 7) is 0. The lowest BCUT2D eigenvalue weighted by Gasteiger charge is -2.13. The number of H-pyrrole nitrogens is 1. The van der Waals surface area contributed by atoms with Gasteiger partial charge in [-0.05, 0) is 42.5 Å². The van der Waals surface area contributed by atoms with Crippen LogP contribution >= 0.6 is 27.5 Å². The number of aromatic amines is 1. The lowest BCUT2D eigenvalue weighted by Crippen LogP contribution is -2.15. The Kier molecular flexibility index (Phi) is 5.79. The third-order valence-electron chi connectivity index (χ3n) is 4.64. The van der Waals surface area contributed by atoms with Gasteiger partial charge in [0.1, 0.15) is 11.6 Å². The topological polar surface area (TPSA) is 66.9 Å². The highest BCUT2D eigenvalue weighted by Gasteiger charge is 2.32. The number of carbonyl (C=O) groups is 1. The summed E-state index contributed by atoms with van der Waals surface area (Å²) in [5, 5.41) is 5.01. The first-order chi connectivity index (χ1) is 15.4. The number of carbonyl (C=O) groups excluding carboxylic acids is 1. The number of amides is 1. The van der Waals surface area contributed by atoms with Crippen LogP contribution in [0.4, 0.5) is 27.6 Å². The largest absolute Gasteiger partial charge is 0.416 e. The number of halogens is 7. The maximum atomic E-state index is 13.8. The number of benzene rings is 3. The minimum absolute atomic E-state index is 0.0270. The first-order valence-corrected chi connectivity index (χ1v) is 10.2. The van der Waals surface area contributed by atoms with Crippen LogP contribution in [0.1, 0.15) is 15.9 Å². The molecular formula is C21H10BrClF5N3O2. The van der Waals surface area contributed by atoms with Crippen LogP contribution in [-0.4, -0.2) is 15.7 Å². The Morgan fingerprint density at radius 3 is 2.45 bits per heavy atom. The molecule has 0 spiro atoms. The third-order valence-corrected chi connectivity index (χ3v) is 5.42. The second-order valence-electron chi connectivity index (χ2n) is 6.90. The predicted octanol–water partition coefficient (Wildman–Crippen LogP) is 6.28. The van der Waals surface area contributed by atoms with Crippen LogP contribution in [0.3, 0.4) is 0 Å². The summed E-state index contributed by atoms with van der Waals surface area (Å²) in [5.41, 5.74) is -2.45. The van der Waals surface area contributed by atoms with Gasteiger partial charge in [-0.2, -0.15) is 13.2 Å². The van der Waals surface area contributed by atoms with E-state index in [0.717, 1.165) is 16.8 Å². The molecule has 12 heteroatoms. The summed E-state index contributed by atoms with van der Waals surface area (Å²) in [4.78, 5) is 25.2. The van der Waals surface area contributed by atoms with E-state index in [2.05, 4.69) is 26.3 Å². The number of hydrogen-bond acceptors (Lipinski definition) is 2. The van der Waals surface area contributed by atoms with Crippen molar-refractivity contribution in [3.8, 4) is 5.69 Å². The molecular weight excluding hydrogens is 537 g/mol. The molecule has 1 amide bonds. The second kappa shape index (κ2) is 8.31. The molecule has 5 nitrogen and oxygen atoms in total. The molecule has 0 aliphatic carbocycles. The number of aromatic nitrogens is 2. The van der Waals surface area contributed by atoms with Crippen molar-refractivity contribution in [1.29, 1.82) is 0 Å². The van der Waals surface area contributed by atoms with Crippen molar-refractivity contribution in [2.75, 3.05) is 5.32 Å². The van der Waals surface area contributed by atoms with Crippen molar-refractivity contribution in [2.24, 2.45) is 0 Å². The van der Waals surface area contributed by atoms with Crippen LogP contribution < -0.4 is 10.9 Å². The van der Waals surface area contributed by atoms with Gasteiger partial charge in [0.25, 0.3) is 11.5 Å². The molecule has 0 saturated heterocycles. The van der Waals surface area contributed by atoms with Crippen molar-refractivity contribution >= 4 is 50.0 Å². The monoisotopic (exact) mass is 545 g/mol. The molecule has 0 fully saturated rings. The zero-order chi connectivity index (χ0) is 24.1. The van der Waals surface area contributed by atoms with Crippen molar-refractivity contribution in [2.45, 2.75) is 6.18 Å². The molecule has 2 N–H and O–H groups in total. The fraction of sp³-hybridized carbons (Fsp3) is 0.0476. The average molecular weight is 547 g/mol. The van der Waals surface area contributed by atoms with Gasteiger partial charge in [0.15, 0.2) is 0 Å². The van der Waals surface area contributed by atoms with E-state index in [-0.39, 0.29) is 33.4 Å². The first kappa shape index (κ1) is 23.0. The molecule has 33 heavy (non-hydrogen) atoms. The number of rotatable bonds is 3. The van der Waals surface area contributed by atoms with Gasteiger partial charge in [-0.25, -0.2) is 13.5 Å². The second-order valence-corrected chi connectivity index (χ2v) is 8.22. The Labute approximate surface area is 194 Å². The van der Waals surface area contributed by atoms with E-state index in [1.165, 1.54) is 18.2 Å². The van der Waals surface area contributed by atoms with Crippen molar-refractivity contribution in [1.82, 2.24) is 9.78 Å². The predicted molar refractivity (Wildman–Crippen MR) is 116 cm³/mol. The van der Waals surface area contributed by atoms with Gasteiger partial charge in [-0.3, -0.25) is 14.7 Å². The molecule has 1 heterocycles. The quantitative estimate of drug-likeness (QED) is 0.297. The molecule has 0 atom stereocenters. The molecule has 4 aromatic rings. The van der Waals surface area contributed by atoms with E-state index in [1.54, 1.807) is 0 Å². The fourth-order valence-corrected chi connectivity index (χ4v) is 3.90. The van der Waals surface area contributed by atoms with Crippen LogP contribution in [0.2, 0.25) is 5.02 Å². The Balaban J connectivity index is 1.87. The molecule has 3 aromatic carbocycles. The maximum absolute atomic E-state index is 13.8. The van der Waals surface area contributed by atoms with E-state index in [9.17, 15) is 31.5 Å². The minimum Gasteiger partial charge on any atom is -0.320 e. The average Bonchev–Trinajstić information content (AvgIpc) is 3.05. The first-order valence-electron chi connectivity index (χ1n) is 9.03. The molecule has 1 aromatic heterocycles. The van der Waals surface area contributed by atoms with E-state index in [4.69, 9.17) is 11.6 Å². The molecule has 0 radical (unpaired) electrons. The van der Waals surface area contributed by atoms with Gasteiger partial charge in [0.2, 0.25) is 0 Å². The maximum Gasteiger partial charge on any atom is 0.416 e. The lowest BCUT2D eigenvalue weighted by atomic mass is 10.1. The summed E-state index contributed by atoms with van der Waals surface area (Å²) in [6.07, 6.45) is -4.87. The number of nitrogens with one attached hydrogen (secondary N) is 2. The van der Waals surface area contributed by atoms with Crippen LogP contribution in [0.25, 0.3) is 16.6 Å². The minimum atomic E-state index is -4.87. The van der Waals surface area contributed by atoms with Crippen LogP contribution in [0.5, 0.6) is 0 Å². The SMILES string of the molecule is O=C(Nc1cc(Br)cc2c(=O)[nH]n(-c3cc(F)ccc3Cl)c12)c1cc(F)cc(C(F)(F)F)c1. The van der Waals surface area contributed by atoms with Gasteiger partial charge in [-0.15, -0.1) is 0 Å². The molecule has 0 aliphatic heterocycles. The molecule has 0 saturated carbocycles. The van der Waals surface area contributed by atoms with Crippen LogP contribution in [0.15, 0.2) is 57.8 Å². The summed E-state index contributed by atoms with van der Waals surface area (Å²) in [6, 6.07) is 7.64. The third kappa shape index (κ3) is 4.51. The van der Waals surface area contributed by atoms with Gasteiger partial charge in [0.05, 0.1) is 32.9 Å². The number of nitrogens with zero attached hydrogens (tertiary/aromatic N) is 1. The van der Waals surface area contributed by atoms with Gasteiger partial charge in [-0.1, -0.05) is 27.5 Å². The molecule has 4 rings (SSSR count). The molecule has 0 bridgehead atoms. The Bertz CT molecular complexity index is 1480. The molecule has 0 unspecified atom stereocenters. The van der Waals surface area contributed by atoms with Crippen molar-refractivity contribution in [3.05, 3.63) is 91.1 Å². The summed E-state index contributed by atoms with van der Waals surface area (Å²) in [5.74, 6) is -2.97. The lowest BCUT2D eigenvalue weighted by molar-refractivity contribution is -0.137. The zero-order valence-electron chi connectivity index (χ0n) is 16.0. The number of anilines is 1. The van der Waals surface area contributed by atoms with E-state index >= 15 is 0 Å². The Morgan fingerprint density at radius 1 is 1.03 bits per heavy atom. The number of fused-ring (bicyclic) bond motifs is 1. The summed E-state index contributed by atoms with van der Waals surface area (Å²) >= 11 is 9.35. The summed E-state index contributed by atoms with van der Waals surface area (Å²) in [7, 11) is 0. The highest BCUT2D eigenvalue weighted by atomic mass is 79.9. The number of hydrogen-bond donors (Lipinski definition) is 2. The normalized spacial score (nSPS) is 11.7. The Morgan fingerprint density at radius 2 is 1.76 bits per heavy atom. The van der Waals surface area contributed by atoms with Gasteiger partial charge in [0, 0.05) is 16.1 Å². The Hall–Kier alpha value is -3.18.